The van der Waals surface area contributed by atoms with Crippen molar-refractivity contribution in [3.8, 4) is 0 Å². The van der Waals surface area contributed by atoms with Crippen molar-refractivity contribution in [1.82, 2.24) is 14.7 Å². The number of aryl methyl sites for hydroxylation is 1. The molecule has 1 heterocycles. The lowest BCUT2D eigenvalue weighted by molar-refractivity contribution is -0.145. The van der Waals surface area contributed by atoms with Crippen LogP contribution < -0.4 is 11.1 Å². The zero-order chi connectivity index (χ0) is 18.4. The van der Waals surface area contributed by atoms with Crippen molar-refractivity contribution >= 4 is 22.6 Å². The quantitative estimate of drug-likeness (QED) is 0.671. The molecule has 2 N–H and O–H groups in total. The highest BCUT2D eigenvalue weighted by molar-refractivity contribution is 5.82. The molecule has 0 aliphatic carbocycles. The molecule has 0 bridgehead atoms. The van der Waals surface area contributed by atoms with Crippen LogP contribution in [0.3, 0.4) is 0 Å². The van der Waals surface area contributed by atoms with Crippen LogP contribution in [0.5, 0.6) is 0 Å². The molecule has 25 heavy (non-hydrogen) atoms. The van der Waals surface area contributed by atoms with E-state index in [1.54, 1.807) is 24.3 Å². The number of aromatic nitrogens is 2. The summed E-state index contributed by atoms with van der Waals surface area (Å²) in [4.78, 5) is 48.6. The van der Waals surface area contributed by atoms with Gasteiger partial charge in [0.2, 0.25) is 5.91 Å². The first-order valence-electron chi connectivity index (χ1n) is 7.64. The fourth-order valence-electron chi connectivity index (χ4n) is 2.43. The van der Waals surface area contributed by atoms with Gasteiger partial charge in [0.25, 0.3) is 11.1 Å². The number of carboxylic acids is 1. The number of methoxy groups -OCH3 is 1. The van der Waals surface area contributed by atoms with Crippen LogP contribution in [0.2, 0.25) is 0 Å². The van der Waals surface area contributed by atoms with E-state index < -0.39 is 29.5 Å². The Morgan fingerprint density at radius 2 is 1.92 bits per heavy atom. The van der Waals surface area contributed by atoms with E-state index in [0.717, 1.165) is 9.58 Å². The molecule has 0 unspecified atom stereocenters. The van der Waals surface area contributed by atoms with E-state index in [0.29, 0.717) is 0 Å². The maximum absolute atomic E-state index is 12.4. The molecule has 0 aliphatic heterocycles. The lowest BCUT2D eigenvalue weighted by Crippen LogP contribution is -2.39. The van der Waals surface area contributed by atoms with Crippen LogP contribution >= 0.6 is 0 Å². The highest BCUT2D eigenvalue weighted by atomic mass is 16.5. The molecule has 1 aromatic heterocycles. The smallest absolute Gasteiger partial charge is 0.323 e. The molecule has 0 saturated carbocycles. The monoisotopic (exact) mass is 349 g/mol. The van der Waals surface area contributed by atoms with Gasteiger partial charge < -0.3 is 14.7 Å². The second kappa shape index (κ2) is 8.25. The predicted octanol–water partition coefficient (Wildman–Crippen LogP) is -0.360. The SMILES string of the molecule is COCCN(CC(=O)O)C(=O)CCn1[nH]c(=O)c2ccccc2c1=O. The van der Waals surface area contributed by atoms with Crippen LogP contribution in [0.1, 0.15) is 6.42 Å². The Labute approximate surface area is 142 Å². The van der Waals surface area contributed by atoms with Gasteiger partial charge in [-0.2, -0.15) is 0 Å². The molecule has 134 valence electrons. The van der Waals surface area contributed by atoms with Gasteiger partial charge in [-0.15, -0.1) is 0 Å². The molecule has 2 rings (SSSR count). The van der Waals surface area contributed by atoms with Gasteiger partial charge in [0, 0.05) is 20.1 Å². The molecule has 0 atom stereocenters. The van der Waals surface area contributed by atoms with Crippen LogP contribution in [-0.2, 0) is 20.9 Å². The van der Waals surface area contributed by atoms with E-state index in [1.165, 1.54) is 7.11 Å². The first-order valence-corrected chi connectivity index (χ1v) is 7.64. The normalized spacial score (nSPS) is 10.8. The van der Waals surface area contributed by atoms with Crippen molar-refractivity contribution in [3.63, 3.8) is 0 Å². The number of aliphatic carboxylic acids is 1. The Morgan fingerprint density at radius 3 is 2.56 bits per heavy atom. The molecule has 0 radical (unpaired) electrons. The van der Waals surface area contributed by atoms with Gasteiger partial charge in [0.05, 0.1) is 23.9 Å². The van der Waals surface area contributed by atoms with E-state index >= 15 is 0 Å². The Balaban J connectivity index is 2.17. The highest BCUT2D eigenvalue weighted by Gasteiger charge is 2.17. The second-order valence-electron chi connectivity index (χ2n) is 5.40. The number of nitrogens with zero attached hydrogens (tertiary/aromatic N) is 2. The average molecular weight is 349 g/mol. The maximum Gasteiger partial charge on any atom is 0.323 e. The van der Waals surface area contributed by atoms with Gasteiger partial charge in [0.1, 0.15) is 6.54 Å². The molecule has 9 nitrogen and oxygen atoms in total. The number of hydrogen-bond donors (Lipinski definition) is 2. The second-order valence-corrected chi connectivity index (χ2v) is 5.40. The van der Waals surface area contributed by atoms with E-state index in [4.69, 9.17) is 9.84 Å². The van der Waals surface area contributed by atoms with Gasteiger partial charge in [-0.05, 0) is 12.1 Å². The summed E-state index contributed by atoms with van der Waals surface area (Å²) in [6.45, 7) is -0.178. The Morgan fingerprint density at radius 1 is 1.24 bits per heavy atom. The van der Waals surface area contributed by atoms with Gasteiger partial charge in [0.15, 0.2) is 0 Å². The standard InChI is InChI=1S/C16H19N3O6/c1-25-9-8-18(10-14(21)22)13(20)6-7-19-16(24)12-5-3-2-4-11(12)15(23)17-19/h2-5H,6-10H2,1H3,(H,17,23)(H,21,22). The number of rotatable bonds is 8. The number of amides is 1. The molecular weight excluding hydrogens is 330 g/mol. The van der Waals surface area contributed by atoms with Crippen LogP contribution in [0, 0.1) is 0 Å². The minimum Gasteiger partial charge on any atom is -0.480 e. The molecule has 2 aromatic rings. The molecule has 0 spiro atoms. The molecule has 0 aliphatic rings. The molecule has 0 saturated heterocycles. The van der Waals surface area contributed by atoms with E-state index in [1.807, 2.05) is 0 Å². The largest absolute Gasteiger partial charge is 0.480 e. The van der Waals surface area contributed by atoms with Crippen molar-refractivity contribution in [2.75, 3.05) is 26.8 Å². The summed E-state index contributed by atoms with van der Waals surface area (Å²) in [5, 5.41) is 11.9. The summed E-state index contributed by atoms with van der Waals surface area (Å²) in [6, 6.07) is 6.40. The number of carbonyl (C=O) groups excluding carboxylic acids is 1. The predicted molar refractivity (Wildman–Crippen MR) is 89.5 cm³/mol. The van der Waals surface area contributed by atoms with Crippen LogP contribution in [0.15, 0.2) is 33.9 Å². The van der Waals surface area contributed by atoms with Gasteiger partial charge in [-0.1, -0.05) is 12.1 Å². The number of H-pyrrole nitrogens is 1. The van der Waals surface area contributed by atoms with Crippen molar-refractivity contribution in [3.05, 3.63) is 45.0 Å². The summed E-state index contributed by atoms with van der Waals surface area (Å²) >= 11 is 0. The number of carboxylic acid groups (broad SMARTS) is 1. The summed E-state index contributed by atoms with van der Waals surface area (Å²) in [5.41, 5.74) is -0.839. The van der Waals surface area contributed by atoms with Crippen molar-refractivity contribution in [2.45, 2.75) is 13.0 Å². The summed E-state index contributed by atoms with van der Waals surface area (Å²) in [6.07, 6.45) is -0.120. The maximum atomic E-state index is 12.4. The molecule has 0 fully saturated rings. The zero-order valence-corrected chi connectivity index (χ0v) is 13.7. The number of carbonyl (C=O) groups is 2. The summed E-state index contributed by atoms with van der Waals surface area (Å²) in [5.74, 6) is -1.58. The number of nitrogens with one attached hydrogen (secondary N) is 1. The van der Waals surface area contributed by atoms with E-state index in [-0.39, 0.29) is 36.9 Å². The number of hydrogen-bond acceptors (Lipinski definition) is 5. The van der Waals surface area contributed by atoms with Crippen LogP contribution in [0.4, 0.5) is 0 Å². The third kappa shape index (κ3) is 4.54. The first-order chi connectivity index (χ1) is 11.9. The third-order valence-corrected chi connectivity index (χ3v) is 3.68. The fourth-order valence-corrected chi connectivity index (χ4v) is 2.43. The van der Waals surface area contributed by atoms with Crippen LogP contribution in [0.25, 0.3) is 10.8 Å². The van der Waals surface area contributed by atoms with Crippen LogP contribution in [-0.4, -0.2) is 58.5 Å². The fraction of sp³-hybridized carbons (Fsp3) is 0.375. The molecule has 1 amide bonds. The number of aromatic amines is 1. The number of fused-ring (bicyclic) bond motifs is 1. The Bertz CT molecular complexity index is 885. The van der Waals surface area contributed by atoms with Crippen molar-refractivity contribution < 1.29 is 19.4 Å². The van der Waals surface area contributed by atoms with Crippen molar-refractivity contribution in [1.29, 1.82) is 0 Å². The number of ether oxygens (including phenoxy) is 1. The molecule has 1 aromatic carbocycles. The van der Waals surface area contributed by atoms with Gasteiger partial charge >= 0.3 is 5.97 Å². The highest BCUT2D eigenvalue weighted by Crippen LogP contribution is 2.03. The minimum atomic E-state index is -1.14. The average Bonchev–Trinajstić information content (AvgIpc) is 2.60. The number of benzene rings is 1. The Kier molecular flexibility index (Phi) is 6.07. The van der Waals surface area contributed by atoms with Gasteiger partial charge in [-0.25, -0.2) is 4.68 Å². The Hall–Kier alpha value is -2.94. The third-order valence-electron chi connectivity index (χ3n) is 3.68. The lowest BCUT2D eigenvalue weighted by atomic mass is 10.2. The lowest BCUT2D eigenvalue weighted by Gasteiger charge is -2.20. The first kappa shape index (κ1) is 18.4. The van der Waals surface area contributed by atoms with Gasteiger partial charge in [-0.3, -0.25) is 24.3 Å². The zero-order valence-electron chi connectivity index (χ0n) is 13.7. The molecule has 9 heteroatoms. The topological polar surface area (TPSA) is 122 Å². The van der Waals surface area contributed by atoms with E-state index in [9.17, 15) is 19.2 Å². The summed E-state index contributed by atoms with van der Waals surface area (Å²) < 4.78 is 5.93. The summed E-state index contributed by atoms with van der Waals surface area (Å²) in [7, 11) is 1.45. The minimum absolute atomic E-state index is 0.0547. The van der Waals surface area contributed by atoms with Crippen molar-refractivity contribution in [2.24, 2.45) is 0 Å². The molecular formula is C16H19N3O6. The van der Waals surface area contributed by atoms with E-state index in [2.05, 4.69) is 5.10 Å².